The van der Waals surface area contributed by atoms with Crippen LogP contribution in [0.4, 0.5) is 0 Å². The third-order valence-corrected chi connectivity index (χ3v) is 2.97. The Morgan fingerprint density at radius 3 is 2.86 bits per heavy atom. The van der Waals surface area contributed by atoms with Crippen molar-refractivity contribution in [2.45, 2.75) is 32.9 Å². The van der Waals surface area contributed by atoms with Gasteiger partial charge in [-0.3, -0.25) is 9.48 Å². The Labute approximate surface area is 123 Å². The Kier molecular flexibility index (Phi) is 5.10. The van der Waals surface area contributed by atoms with Gasteiger partial charge in [0.05, 0.1) is 25.0 Å². The normalized spacial score (nSPS) is 11.0. The monoisotopic (exact) mass is 291 g/mol. The number of hydrogen-bond acceptors (Lipinski definition) is 5. The lowest BCUT2D eigenvalue weighted by Crippen LogP contribution is -2.23. The molecule has 0 aromatic carbocycles. The standard InChI is InChI=1S/C14H21N5O2/c1-11(2)18-6-4-12(17-18)10-19-14(20)8-13(9-16-19)21-7-3-5-15/h4,6,8-9,11H,3,5,7,10,15H2,1-2H3. The first-order chi connectivity index (χ1) is 10.1. The molecular weight excluding hydrogens is 270 g/mol. The molecule has 2 rings (SSSR count). The second-order valence-corrected chi connectivity index (χ2v) is 5.06. The van der Waals surface area contributed by atoms with Crippen LogP contribution in [0, 0.1) is 0 Å². The summed E-state index contributed by atoms with van der Waals surface area (Å²) in [6, 6.07) is 3.62. The second kappa shape index (κ2) is 7.03. The smallest absolute Gasteiger partial charge is 0.270 e. The van der Waals surface area contributed by atoms with Crippen LogP contribution in [0.15, 0.2) is 29.3 Å². The number of nitrogens with two attached hydrogens (primary N) is 1. The van der Waals surface area contributed by atoms with E-state index in [0.717, 1.165) is 12.1 Å². The van der Waals surface area contributed by atoms with E-state index in [4.69, 9.17) is 10.5 Å². The van der Waals surface area contributed by atoms with Crippen LogP contribution in [0.3, 0.4) is 0 Å². The summed E-state index contributed by atoms with van der Waals surface area (Å²) in [6.07, 6.45) is 4.18. The van der Waals surface area contributed by atoms with Gasteiger partial charge in [-0.15, -0.1) is 0 Å². The molecule has 7 heteroatoms. The van der Waals surface area contributed by atoms with Crippen molar-refractivity contribution in [3.63, 3.8) is 0 Å². The molecule has 0 atom stereocenters. The van der Waals surface area contributed by atoms with E-state index >= 15 is 0 Å². The topological polar surface area (TPSA) is 88.0 Å². The predicted molar refractivity (Wildman–Crippen MR) is 79.4 cm³/mol. The molecule has 0 unspecified atom stereocenters. The maximum Gasteiger partial charge on any atom is 0.270 e. The lowest BCUT2D eigenvalue weighted by Gasteiger charge is -2.07. The van der Waals surface area contributed by atoms with Crippen LogP contribution in [0.2, 0.25) is 0 Å². The van der Waals surface area contributed by atoms with Crippen LogP contribution in [-0.2, 0) is 6.54 Å². The van der Waals surface area contributed by atoms with E-state index in [1.54, 1.807) is 0 Å². The molecule has 0 saturated carbocycles. The molecule has 0 radical (unpaired) electrons. The molecule has 0 bridgehead atoms. The molecule has 2 aromatic heterocycles. The molecule has 21 heavy (non-hydrogen) atoms. The van der Waals surface area contributed by atoms with E-state index in [9.17, 15) is 4.79 Å². The fraction of sp³-hybridized carbons (Fsp3) is 0.500. The number of aromatic nitrogens is 4. The van der Waals surface area contributed by atoms with Gasteiger partial charge in [0.2, 0.25) is 0 Å². The second-order valence-electron chi connectivity index (χ2n) is 5.06. The maximum absolute atomic E-state index is 12.0. The van der Waals surface area contributed by atoms with Crippen LogP contribution in [0.1, 0.15) is 32.0 Å². The van der Waals surface area contributed by atoms with Gasteiger partial charge in [0.15, 0.2) is 0 Å². The molecule has 0 saturated heterocycles. The van der Waals surface area contributed by atoms with E-state index in [2.05, 4.69) is 24.0 Å². The average molecular weight is 291 g/mol. The molecule has 0 aliphatic heterocycles. The SMILES string of the molecule is CC(C)n1ccc(Cn2ncc(OCCCN)cc2=O)n1. The van der Waals surface area contributed by atoms with Gasteiger partial charge in [0.25, 0.3) is 5.56 Å². The predicted octanol–water partition coefficient (Wildman–Crippen LogP) is 0.797. The van der Waals surface area contributed by atoms with Gasteiger partial charge in [0.1, 0.15) is 5.75 Å². The van der Waals surface area contributed by atoms with Crippen molar-refractivity contribution in [3.8, 4) is 5.75 Å². The summed E-state index contributed by atoms with van der Waals surface area (Å²) in [5, 5.41) is 8.51. The fourth-order valence-electron chi connectivity index (χ4n) is 1.79. The van der Waals surface area contributed by atoms with Crippen molar-refractivity contribution < 1.29 is 4.74 Å². The Hall–Kier alpha value is -2.15. The zero-order chi connectivity index (χ0) is 15.2. The van der Waals surface area contributed by atoms with Gasteiger partial charge in [0, 0.05) is 18.3 Å². The molecule has 2 heterocycles. The van der Waals surface area contributed by atoms with E-state index in [-0.39, 0.29) is 5.56 Å². The largest absolute Gasteiger partial charge is 0.492 e. The Morgan fingerprint density at radius 2 is 2.24 bits per heavy atom. The highest BCUT2D eigenvalue weighted by atomic mass is 16.5. The van der Waals surface area contributed by atoms with Crippen LogP contribution in [0.25, 0.3) is 0 Å². The summed E-state index contributed by atoms with van der Waals surface area (Å²) in [5.74, 6) is 0.470. The molecule has 0 spiro atoms. The molecule has 0 amide bonds. The van der Waals surface area contributed by atoms with Crippen molar-refractivity contribution in [2.24, 2.45) is 5.73 Å². The quantitative estimate of drug-likeness (QED) is 0.762. The summed E-state index contributed by atoms with van der Waals surface area (Å²) >= 11 is 0. The van der Waals surface area contributed by atoms with E-state index < -0.39 is 0 Å². The van der Waals surface area contributed by atoms with E-state index in [0.29, 0.717) is 31.5 Å². The Morgan fingerprint density at radius 1 is 1.43 bits per heavy atom. The van der Waals surface area contributed by atoms with Crippen LogP contribution < -0.4 is 16.0 Å². The van der Waals surface area contributed by atoms with Gasteiger partial charge in [-0.25, -0.2) is 4.68 Å². The Bertz CT molecular complexity index is 632. The van der Waals surface area contributed by atoms with Crippen LogP contribution >= 0.6 is 0 Å². The average Bonchev–Trinajstić information content (AvgIpc) is 2.91. The van der Waals surface area contributed by atoms with Gasteiger partial charge in [-0.1, -0.05) is 0 Å². The first-order valence-corrected chi connectivity index (χ1v) is 7.04. The molecule has 114 valence electrons. The van der Waals surface area contributed by atoms with Crippen molar-refractivity contribution in [1.29, 1.82) is 0 Å². The summed E-state index contributed by atoms with van der Waals surface area (Å²) < 4.78 is 8.61. The molecule has 2 N–H and O–H groups in total. The van der Waals surface area contributed by atoms with Crippen molar-refractivity contribution in [2.75, 3.05) is 13.2 Å². The van der Waals surface area contributed by atoms with Gasteiger partial charge in [-0.05, 0) is 32.9 Å². The molecule has 2 aromatic rings. The zero-order valence-corrected chi connectivity index (χ0v) is 12.4. The highest BCUT2D eigenvalue weighted by molar-refractivity contribution is 5.14. The number of hydrogen-bond donors (Lipinski definition) is 1. The van der Waals surface area contributed by atoms with Crippen molar-refractivity contribution in [1.82, 2.24) is 19.6 Å². The van der Waals surface area contributed by atoms with E-state index in [1.807, 2.05) is 16.9 Å². The summed E-state index contributed by atoms with van der Waals surface area (Å²) in [7, 11) is 0. The third-order valence-electron chi connectivity index (χ3n) is 2.97. The molecule has 0 aliphatic carbocycles. The zero-order valence-electron chi connectivity index (χ0n) is 12.4. The molecule has 7 nitrogen and oxygen atoms in total. The van der Waals surface area contributed by atoms with Crippen LogP contribution in [0.5, 0.6) is 5.75 Å². The minimum absolute atomic E-state index is 0.209. The van der Waals surface area contributed by atoms with Crippen molar-refractivity contribution >= 4 is 0 Å². The van der Waals surface area contributed by atoms with Gasteiger partial charge < -0.3 is 10.5 Å². The van der Waals surface area contributed by atoms with Gasteiger partial charge in [-0.2, -0.15) is 10.2 Å². The highest BCUT2D eigenvalue weighted by Gasteiger charge is 2.06. The number of ether oxygens (including phenoxy) is 1. The van der Waals surface area contributed by atoms with Crippen molar-refractivity contribution in [3.05, 3.63) is 40.6 Å². The lowest BCUT2D eigenvalue weighted by molar-refractivity contribution is 0.309. The first-order valence-electron chi connectivity index (χ1n) is 7.04. The lowest BCUT2D eigenvalue weighted by atomic mass is 10.4. The minimum atomic E-state index is -0.209. The fourth-order valence-corrected chi connectivity index (χ4v) is 1.79. The minimum Gasteiger partial charge on any atom is -0.492 e. The van der Waals surface area contributed by atoms with Gasteiger partial charge >= 0.3 is 0 Å². The first kappa shape index (κ1) is 15.2. The molecule has 0 aliphatic rings. The highest BCUT2D eigenvalue weighted by Crippen LogP contribution is 2.06. The third kappa shape index (κ3) is 4.16. The summed E-state index contributed by atoms with van der Waals surface area (Å²) in [6.45, 7) is 5.49. The Balaban J connectivity index is 2.04. The molecule has 0 fully saturated rings. The molecular formula is C14H21N5O2. The summed E-state index contributed by atoms with van der Waals surface area (Å²) in [5.41, 5.74) is 5.98. The maximum atomic E-state index is 12.0. The van der Waals surface area contributed by atoms with Crippen LogP contribution in [-0.4, -0.2) is 32.7 Å². The summed E-state index contributed by atoms with van der Waals surface area (Å²) in [4.78, 5) is 12.0. The number of rotatable bonds is 7. The number of nitrogens with zero attached hydrogens (tertiary/aromatic N) is 4. The van der Waals surface area contributed by atoms with E-state index in [1.165, 1.54) is 16.9 Å².